The van der Waals surface area contributed by atoms with Crippen LogP contribution in [-0.4, -0.2) is 25.7 Å². The maximum Gasteiger partial charge on any atom is 0.421 e. The van der Waals surface area contributed by atoms with Crippen LogP contribution in [0.3, 0.4) is 0 Å². The van der Waals surface area contributed by atoms with Crippen LogP contribution in [0, 0.1) is 5.82 Å². The van der Waals surface area contributed by atoms with Crippen molar-refractivity contribution in [1.82, 2.24) is 19.7 Å². The minimum Gasteiger partial charge on any atom is -0.315 e. The molecule has 0 aliphatic carbocycles. The van der Waals surface area contributed by atoms with Crippen LogP contribution >= 0.6 is 27.3 Å². The number of benzene rings is 1. The van der Waals surface area contributed by atoms with Crippen molar-refractivity contribution in [2.75, 3.05) is 5.32 Å². The van der Waals surface area contributed by atoms with Gasteiger partial charge in [0.25, 0.3) is 5.56 Å². The number of amides is 1. The molecule has 2 N–H and O–H groups in total. The quantitative estimate of drug-likeness (QED) is 0.394. The number of rotatable bonds is 4. The molecular formula is C18H10BrF4N5O2S. The first kappa shape index (κ1) is 21.2. The van der Waals surface area contributed by atoms with Crippen molar-refractivity contribution in [2.24, 2.45) is 0 Å². The van der Waals surface area contributed by atoms with E-state index in [9.17, 15) is 27.2 Å². The molecule has 3 heterocycles. The molecule has 4 aromatic rings. The van der Waals surface area contributed by atoms with E-state index >= 15 is 0 Å². The van der Waals surface area contributed by atoms with Crippen LogP contribution in [0.2, 0.25) is 0 Å². The number of thiophene rings is 1. The van der Waals surface area contributed by atoms with Gasteiger partial charge in [0.2, 0.25) is 5.91 Å². The Bertz CT molecular complexity index is 1350. The van der Waals surface area contributed by atoms with Crippen molar-refractivity contribution >= 4 is 49.1 Å². The highest BCUT2D eigenvalue weighted by Crippen LogP contribution is 2.39. The zero-order valence-electron chi connectivity index (χ0n) is 15.1. The molecule has 0 atom stereocenters. The van der Waals surface area contributed by atoms with E-state index in [4.69, 9.17) is 0 Å². The van der Waals surface area contributed by atoms with E-state index in [1.165, 1.54) is 6.33 Å². The third-order valence-corrected chi connectivity index (χ3v) is 6.16. The Morgan fingerprint density at radius 3 is 2.68 bits per heavy atom. The fourth-order valence-electron chi connectivity index (χ4n) is 3.08. The molecule has 0 radical (unpaired) electrons. The van der Waals surface area contributed by atoms with Crippen LogP contribution < -0.4 is 10.9 Å². The molecule has 0 unspecified atom stereocenters. The number of carbonyl (C=O) groups excluding carboxylic acids is 1. The minimum atomic E-state index is -5.06. The van der Waals surface area contributed by atoms with Crippen LogP contribution in [0.4, 0.5) is 22.6 Å². The Hall–Kier alpha value is -3.06. The standard InChI is InChI=1S/C18H10BrF4N5O2S/c19-9-6-31-17(13(9)16-24-7-25-27-16)26-11(29)5-28-12(30)4-2-8-1-3-10(20)14(15(8)28)18(21,22)23/h1-4,6-7H,5H2,(H,26,29)(H,24,25,27). The molecule has 160 valence electrons. The molecular weight excluding hydrogens is 506 g/mol. The summed E-state index contributed by atoms with van der Waals surface area (Å²) in [6.45, 7) is -0.756. The maximum absolute atomic E-state index is 14.1. The van der Waals surface area contributed by atoms with Gasteiger partial charge >= 0.3 is 6.18 Å². The Morgan fingerprint density at radius 1 is 1.26 bits per heavy atom. The molecule has 4 rings (SSSR count). The van der Waals surface area contributed by atoms with Gasteiger partial charge in [-0.15, -0.1) is 11.3 Å². The van der Waals surface area contributed by atoms with Gasteiger partial charge in [-0.05, 0) is 39.5 Å². The van der Waals surface area contributed by atoms with Gasteiger partial charge in [-0.25, -0.2) is 9.37 Å². The number of nitrogens with zero attached hydrogens (tertiary/aromatic N) is 3. The molecule has 0 aliphatic rings. The molecule has 13 heteroatoms. The Morgan fingerprint density at radius 2 is 2.00 bits per heavy atom. The number of pyridine rings is 1. The van der Waals surface area contributed by atoms with Crippen LogP contribution in [0.5, 0.6) is 0 Å². The predicted octanol–water partition coefficient (Wildman–Crippen LogP) is 4.41. The number of aromatic nitrogens is 4. The highest BCUT2D eigenvalue weighted by atomic mass is 79.9. The van der Waals surface area contributed by atoms with Crippen molar-refractivity contribution < 1.29 is 22.4 Å². The fraction of sp³-hybridized carbons (Fsp3) is 0.111. The average Bonchev–Trinajstić information content (AvgIpc) is 3.32. The Labute approximate surface area is 182 Å². The van der Waals surface area contributed by atoms with Crippen molar-refractivity contribution in [1.29, 1.82) is 0 Å². The first-order valence-corrected chi connectivity index (χ1v) is 10.2. The predicted molar refractivity (Wildman–Crippen MR) is 109 cm³/mol. The summed E-state index contributed by atoms with van der Waals surface area (Å²) in [6.07, 6.45) is -3.79. The van der Waals surface area contributed by atoms with Crippen molar-refractivity contribution in [3.63, 3.8) is 0 Å². The number of hydrogen-bond acceptors (Lipinski definition) is 5. The van der Waals surface area contributed by atoms with Crippen LogP contribution in [0.15, 0.2) is 45.2 Å². The van der Waals surface area contributed by atoms with E-state index < -0.39 is 41.1 Å². The summed E-state index contributed by atoms with van der Waals surface area (Å²) < 4.78 is 55.8. The van der Waals surface area contributed by atoms with Gasteiger partial charge in [-0.1, -0.05) is 0 Å². The first-order chi connectivity index (χ1) is 14.7. The number of hydrogen-bond donors (Lipinski definition) is 2. The molecule has 0 aliphatic heterocycles. The minimum absolute atomic E-state index is 0.0256. The summed E-state index contributed by atoms with van der Waals surface area (Å²) in [5.74, 6) is -1.95. The SMILES string of the molecule is O=C(Cn1c(=O)ccc2ccc(F)c(C(F)(F)F)c21)Nc1scc(Br)c1-c1ncn[nH]1. The molecule has 7 nitrogen and oxygen atoms in total. The lowest BCUT2D eigenvalue weighted by atomic mass is 10.1. The zero-order chi connectivity index (χ0) is 22.3. The van der Waals surface area contributed by atoms with E-state index in [2.05, 4.69) is 36.4 Å². The molecule has 0 saturated heterocycles. The van der Waals surface area contributed by atoms with E-state index in [1.54, 1.807) is 5.38 Å². The third-order valence-electron chi connectivity index (χ3n) is 4.34. The molecule has 3 aromatic heterocycles. The topological polar surface area (TPSA) is 92.7 Å². The number of halogens is 5. The lowest BCUT2D eigenvalue weighted by molar-refractivity contribution is -0.139. The molecule has 0 bridgehead atoms. The largest absolute Gasteiger partial charge is 0.421 e. The molecule has 31 heavy (non-hydrogen) atoms. The van der Waals surface area contributed by atoms with Crippen LogP contribution in [0.25, 0.3) is 22.3 Å². The highest BCUT2D eigenvalue weighted by molar-refractivity contribution is 9.10. The maximum atomic E-state index is 14.1. The van der Waals surface area contributed by atoms with Gasteiger partial charge in [0.15, 0.2) is 5.82 Å². The van der Waals surface area contributed by atoms with Gasteiger partial charge in [-0.2, -0.15) is 18.3 Å². The second-order valence-electron chi connectivity index (χ2n) is 6.29. The lowest BCUT2D eigenvalue weighted by Crippen LogP contribution is -2.29. The monoisotopic (exact) mass is 515 g/mol. The summed E-state index contributed by atoms with van der Waals surface area (Å²) in [4.78, 5) is 29.0. The van der Waals surface area contributed by atoms with E-state index in [0.29, 0.717) is 31.5 Å². The molecule has 0 saturated carbocycles. The van der Waals surface area contributed by atoms with E-state index in [0.717, 1.165) is 29.5 Å². The number of nitrogens with one attached hydrogen (secondary N) is 2. The smallest absolute Gasteiger partial charge is 0.315 e. The number of H-pyrrole nitrogens is 1. The van der Waals surface area contributed by atoms with Crippen LogP contribution in [0.1, 0.15) is 5.56 Å². The number of aromatic amines is 1. The van der Waals surface area contributed by atoms with Crippen LogP contribution in [-0.2, 0) is 17.5 Å². The van der Waals surface area contributed by atoms with Gasteiger partial charge in [0.1, 0.15) is 29.3 Å². The Kier molecular flexibility index (Phi) is 5.39. The van der Waals surface area contributed by atoms with Gasteiger partial charge in [0.05, 0.1) is 11.1 Å². The first-order valence-electron chi connectivity index (χ1n) is 8.48. The van der Waals surface area contributed by atoms with Gasteiger partial charge in [0, 0.05) is 15.9 Å². The van der Waals surface area contributed by atoms with E-state index in [1.807, 2.05) is 0 Å². The molecule has 0 fully saturated rings. The number of anilines is 1. The molecule has 1 aromatic carbocycles. The lowest BCUT2D eigenvalue weighted by Gasteiger charge is -2.16. The summed E-state index contributed by atoms with van der Waals surface area (Å²) >= 11 is 4.47. The van der Waals surface area contributed by atoms with Crippen molar-refractivity contribution in [2.45, 2.75) is 12.7 Å². The third kappa shape index (κ3) is 3.97. The van der Waals surface area contributed by atoms with Crippen molar-refractivity contribution in [3.8, 4) is 11.4 Å². The second-order valence-corrected chi connectivity index (χ2v) is 8.02. The van der Waals surface area contributed by atoms with E-state index in [-0.39, 0.29) is 5.39 Å². The van der Waals surface area contributed by atoms with Gasteiger partial charge in [-0.3, -0.25) is 19.3 Å². The number of alkyl halides is 3. The second kappa shape index (κ2) is 7.89. The number of carbonyl (C=O) groups is 1. The zero-order valence-corrected chi connectivity index (χ0v) is 17.5. The summed E-state index contributed by atoms with van der Waals surface area (Å²) in [6, 6.07) is 3.97. The fourth-order valence-corrected chi connectivity index (χ4v) is 4.72. The summed E-state index contributed by atoms with van der Waals surface area (Å²) in [7, 11) is 0. The van der Waals surface area contributed by atoms with Gasteiger partial charge < -0.3 is 5.32 Å². The summed E-state index contributed by atoms with van der Waals surface area (Å²) in [5.41, 5.74) is -2.68. The Balaban J connectivity index is 1.75. The number of fused-ring (bicyclic) bond motifs is 1. The average molecular weight is 516 g/mol. The summed E-state index contributed by atoms with van der Waals surface area (Å²) in [5, 5.41) is 10.9. The normalized spacial score (nSPS) is 11.8. The molecule has 1 amide bonds. The highest BCUT2D eigenvalue weighted by Gasteiger charge is 2.37. The molecule has 0 spiro atoms. The van der Waals surface area contributed by atoms with Crippen molar-refractivity contribution in [3.05, 3.63) is 62.2 Å².